The second kappa shape index (κ2) is 7.15. The van der Waals surface area contributed by atoms with Gasteiger partial charge >= 0.3 is 0 Å². The lowest BCUT2D eigenvalue weighted by Crippen LogP contribution is -2.38. The molecular weight excluding hydrogens is 362 g/mol. The first-order valence-electron chi connectivity index (χ1n) is 7.92. The predicted molar refractivity (Wildman–Crippen MR) is 92.7 cm³/mol. The van der Waals surface area contributed by atoms with Crippen LogP contribution >= 0.6 is 11.6 Å². The molecule has 0 spiro atoms. The number of nitrogens with one attached hydrogen (secondary N) is 1. The monoisotopic (exact) mass is 378 g/mol. The summed E-state index contributed by atoms with van der Waals surface area (Å²) >= 11 is 5.80. The van der Waals surface area contributed by atoms with Crippen LogP contribution in [0.3, 0.4) is 0 Å². The highest BCUT2D eigenvalue weighted by molar-refractivity contribution is 7.89. The highest BCUT2D eigenvalue weighted by atomic mass is 35.5. The highest BCUT2D eigenvalue weighted by Crippen LogP contribution is 2.24. The van der Waals surface area contributed by atoms with E-state index in [9.17, 15) is 18.3 Å². The number of rotatable bonds is 5. The van der Waals surface area contributed by atoms with Crippen LogP contribution in [0, 0.1) is 0 Å². The maximum atomic E-state index is 12.5. The minimum Gasteiger partial charge on any atom is -0.550 e. The van der Waals surface area contributed by atoms with Crippen molar-refractivity contribution in [1.29, 1.82) is 0 Å². The van der Waals surface area contributed by atoms with E-state index in [0.29, 0.717) is 29.8 Å². The summed E-state index contributed by atoms with van der Waals surface area (Å²) in [6.45, 7) is 0. The summed E-state index contributed by atoms with van der Waals surface area (Å²) in [5.41, 5.74) is 2.82. The van der Waals surface area contributed by atoms with Gasteiger partial charge in [-0.05, 0) is 60.2 Å². The second-order valence-electron chi connectivity index (χ2n) is 6.17. The van der Waals surface area contributed by atoms with Gasteiger partial charge in [-0.1, -0.05) is 29.8 Å². The number of carboxylic acids is 1. The molecule has 0 radical (unpaired) electrons. The summed E-state index contributed by atoms with van der Waals surface area (Å²) in [5.74, 6) is -1.11. The van der Waals surface area contributed by atoms with Gasteiger partial charge in [0.2, 0.25) is 10.0 Å². The van der Waals surface area contributed by atoms with Gasteiger partial charge in [-0.15, -0.1) is 0 Å². The van der Waals surface area contributed by atoms with Crippen molar-refractivity contribution in [3.63, 3.8) is 0 Å². The Kier molecular flexibility index (Phi) is 5.13. The molecule has 0 bridgehead atoms. The van der Waals surface area contributed by atoms with E-state index in [0.717, 1.165) is 11.1 Å². The van der Waals surface area contributed by atoms with Gasteiger partial charge in [-0.25, -0.2) is 13.1 Å². The van der Waals surface area contributed by atoms with Crippen LogP contribution in [0.1, 0.15) is 23.1 Å². The molecule has 3 rings (SSSR count). The molecule has 2 aromatic carbocycles. The first-order chi connectivity index (χ1) is 11.8. The fraction of sp³-hybridized carbons (Fsp3) is 0.278. The van der Waals surface area contributed by atoms with E-state index in [1.807, 2.05) is 12.1 Å². The highest BCUT2D eigenvalue weighted by Gasteiger charge is 2.24. The van der Waals surface area contributed by atoms with Gasteiger partial charge < -0.3 is 9.90 Å². The molecule has 0 saturated heterocycles. The number of carbonyl (C=O) groups is 1. The third kappa shape index (κ3) is 4.39. The van der Waals surface area contributed by atoms with Crippen LogP contribution in [0.4, 0.5) is 0 Å². The van der Waals surface area contributed by atoms with Gasteiger partial charge in [0.05, 0.1) is 4.90 Å². The third-order valence-corrected chi connectivity index (χ3v) is 6.08. The third-order valence-electron chi connectivity index (χ3n) is 4.29. The van der Waals surface area contributed by atoms with Crippen LogP contribution in [-0.2, 0) is 34.1 Å². The maximum Gasteiger partial charge on any atom is 0.240 e. The van der Waals surface area contributed by atoms with Gasteiger partial charge in [0.15, 0.2) is 0 Å². The largest absolute Gasteiger partial charge is 0.550 e. The van der Waals surface area contributed by atoms with E-state index in [2.05, 4.69) is 4.72 Å². The Bertz CT molecular complexity index is 894. The van der Waals surface area contributed by atoms with Gasteiger partial charge in [0.1, 0.15) is 0 Å². The van der Waals surface area contributed by atoms with Crippen LogP contribution in [0.5, 0.6) is 0 Å². The number of aryl methyl sites for hydroxylation is 1. The number of hydrogen-bond donors (Lipinski definition) is 1. The summed E-state index contributed by atoms with van der Waals surface area (Å²) in [4.78, 5) is 10.9. The lowest BCUT2D eigenvalue weighted by atomic mass is 9.87. The van der Waals surface area contributed by atoms with E-state index >= 15 is 0 Å². The normalized spacial score (nSPS) is 17.1. The summed E-state index contributed by atoms with van der Waals surface area (Å²) in [6, 6.07) is 11.4. The fourth-order valence-corrected chi connectivity index (χ4v) is 4.48. The molecule has 1 N–H and O–H groups in total. The lowest BCUT2D eigenvalue weighted by Gasteiger charge is -2.26. The van der Waals surface area contributed by atoms with Gasteiger partial charge in [-0.3, -0.25) is 0 Å². The van der Waals surface area contributed by atoms with E-state index < -0.39 is 16.0 Å². The minimum atomic E-state index is -3.60. The molecule has 0 aliphatic heterocycles. The summed E-state index contributed by atoms with van der Waals surface area (Å²) in [7, 11) is -3.60. The van der Waals surface area contributed by atoms with Crippen molar-refractivity contribution < 1.29 is 18.3 Å². The summed E-state index contributed by atoms with van der Waals surface area (Å²) in [6.07, 6.45) is 1.83. The van der Waals surface area contributed by atoms with Crippen LogP contribution in [0.2, 0.25) is 5.02 Å². The maximum absolute atomic E-state index is 12.5. The first-order valence-corrected chi connectivity index (χ1v) is 9.78. The lowest BCUT2D eigenvalue weighted by molar-refractivity contribution is -0.304. The average Bonchev–Trinajstić information content (AvgIpc) is 2.54. The Hall–Kier alpha value is -1.89. The molecule has 0 fully saturated rings. The molecule has 0 amide bonds. The molecule has 1 aliphatic rings. The van der Waals surface area contributed by atoms with Gasteiger partial charge in [0, 0.05) is 23.5 Å². The topological polar surface area (TPSA) is 86.3 Å². The van der Waals surface area contributed by atoms with Crippen molar-refractivity contribution in [3.05, 3.63) is 64.2 Å². The molecule has 2 aromatic rings. The predicted octanol–water partition coefficient (Wildman–Crippen LogP) is 1.47. The van der Waals surface area contributed by atoms with Crippen LogP contribution in [0.25, 0.3) is 0 Å². The number of hydrogen-bond acceptors (Lipinski definition) is 4. The number of carboxylic acid groups (broad SMARTS) is 1. The second-order valence-corrected chi connectivity index (χ2v) is 8.32. The first kappa shape index (κ1) is 17.9. The molecule has 0 heterocycles. The smallest absolute Gasteiger partial charge is 0.240 e. The average molecular weight is 379 g/mol. The SMILES string of the molecule is O=C([O-])Cc1ccc2c(c1)CCC(NS(=O)(=O)c1ccc(Cl)cc1)C2. The quantitative estimate of drug-likeness (QED) is 0.853. The van der Waals surface area contributed by atoms with Gasteiger partial charge in [0.25, 0.3) is 0 Å². The van der Waals surface area contributed by atoms with Crippen molar-refractivity contribution in [2.24, 2.45) is 0 Å². The van der Waals surface area contributed by atoms with E-state index in [1.54, 1.807) is 18.2 Å². The Labute approximate surface area is 151 Å². The zero-order valence-corrected chi connectivity index (χ0v) is 14.9. The molecule has 7 heteroatoms. The Balaban J connectivity index is 1.72. The summed E-state index contributed by atoms with van der Waals surface area (Å²) in [5, 5.41) is 11.2. The van der Waals surface area contributed by atoms with Crippen LogP contribution in [0.15, 0.2) is 47.4 Å². The van der Waals surface area contributed by atoms with Crippen molar-refractivity contribution in [1.82, 2.24) is 4.72 Å². The number of sulfonamides is 1. The molecule has 0 saturated carbocycles. The Morgan fingerprint density at radius 1 is 1.16 bits per heavy atom. The molecule has 1 atom stereocenters. The van der Waals surface area contributed by atoms with Gasteiger partial charge in [-0.2, -0.15) is 0 Å². The molecular formula is C18H17ClNO4S-. The van der Waals surface area contributed by atoms with Crippen molar-refractivity contribution in [2.45, 2.75) is 36.6 Å². The van der Waals surface area contributed by atoms with Crippen LogP contribution in [-0.4, -0.2) is 20.4 Å². The Morgan fingerprint density at radius 3 is 2.56 bits per heavy atom. The Morgan fingerprint density at radius 2 is 1.88 bits per heavy atom. The zero-order valence-electron chi connectivity index (χ0n) is 13.4. The van der Waals surface area contributed by atoms with E-state index in [-0.39, 0.29) is 17.4 Å². The van der Waals surface area contributed by atoms with Crippen molar-refractivity contribution in [3.8, 4) is 0 Å². The van der Waals surface area contributed by atoms with E-state index in [1.165, 1.54) is 12.1 Å². The van der Waals surface area contributed by atoms with Crippen molar-refractivity contribution >= 4 is 27.6 Å². The number of carbonyl (C=O) groups excluding carboxylic acids is 1. The molecule has 1 aliphatic carbocycles. The number of aliphatic carboxylic acids is 1. The number of halogens is 1. The number of fused-ring (bicyclic) bond motifs is 1. The molecule has 25 heavy (non-hydrogen) atoms. The molecule has 132 valence electrons. The standard InChI is InChI=1S/C18H18ClNO4S/c19-15-4-7-17(8-5-15)25(23,24)20-16-6-3-13-9-12(10-18(21)22)1-2-14(13)11-16/h1-2,4-5,7-9,16,20H,3,6,10-11H2,(H,21,22)/p-1. The van der Waals surface area contributed by atoms with E-state index in [4.69, 9.17) is 11.6 Å². The fourth-order valence-electron chi connectivity index (χ4n) is 3.09. The number of benzene rings is 2. The molecule has 0 aromatic heterocycles. The van der Waals surface area contributed by atoms with Crippen LogP contribution < -0.4 is 9.83 Å². The minimum absolute atomic E-state index is 0.111. The summed E-state index contributed by atoms with van der Waals surface area (Å²) < 4.78 is 27.7. The zero-order chi connectivity index (χ0) is 18.0. The molecule has 1 unspecified atom stereocenters. The molecule has 5 nitrogen and oxygen atoms in total. The van der Waals surface area contributed by atoms with Crippen molar-refractivity contribution in [2.75, 3.05) is 0 Å².